The van der Waals surface area contributed by atoms with Crippen LogP contribution in [0.2, 0.25) is 0 Å². The minimum atomic E-state index is -0.303. The zero-order valence-electron chi connectivity index (χ0n) is 11.5. The third-order valence-corrected chi connectivity index (χ3v) is 3.87. The van der Waals surface area contributed by atoms with Gasteiger partial charge in [0.1, 0.15) is 6.04 Å². The molecule has 0 saturated carbocycles. The first-order chi connectivity index (χ1) is 9.06. The lowest BCUT2D eigenvalue weighted by molar-refractivity contribution is -0.119. The smallest absolute Gasteiger partial charge is 0.240 e. The highest BCUT2D eigenvalue weighted by molar-refractivity contribution is 5.83. The van der Waals surface area contributed by atoms with Crippen LogP contribution < -0.4 is 16.4 Å². The summed E-state index contributed by atoms with van der Waals surface area (Å²) < 4.78 is 0. The second kappa shape index (κ2) is 5.52. The van der Waals surface area contributed by atoms with Crippen LogP contribution in [-0.2, 0) is 11.3 Å². The largest absolute Gasteiger partial charge is 0.368 e. The Morgan fingerprint density at radius 1 is 1.37 bits per heavy atom. The molecule has 1 unspecified atom stereocenters. The molecule has 2 rings (SSSR count). The molecule has 1 amide bonds. The van der Waals surface area contributed by atoms with Crippen LogP contribution in [-0.4, -0.2) is 28.7 Å². The van der Waals surface area contributed by atoms with Gasteiger partial charge in [-0.2, -0.15) is 5.10 Å². The highest BCUT2D eigenvalue weighted by Crippen LogP contribution is 2.27. The van der Waals surface area contributed by atoms with Crippen molar-refractivity contribution in [2.45, 2.75) is 45.7 Å². The van der Waals surface area contributed by atoms with Crippen LogP contribution in [0.1, 0.15) is 36.1 Å². The van der Waals surface area contributed by atoms with Crippen LogP contribution in [0.4, 0.5) is 5.82 Å². The summed E-state index contributed by atoms with van der Waals surface area (Å²) in [6.07, 6.45) is 2.82. The predicted octanol–water partition coefficient (Wildman–Crippen LogP) is 0.396. The molecule has 2 heterocycles. The van der Waals surface area contributed by atoms with Gasteiger partial charge in [-0.25, -0.2) is 0 Å². The van der Waals surface area contributed by atoms with Gasteiger partial charge in [0.2, 0.25) is 5.91 Å². The number of carbonyl (C=O) groups excluding carboxylic acids is 1. The summed E-state index contributed by atoms with van der Waals surface area (Å²) in [5.41, 5.74) is 14.2. The minimum Gasteiger partial charge on any atom is -0.368 e. The molecule has 6 heteroatoms. The fourth-order valence-electron chi connectivity index (χ4n) is 2.60. The Kier molecular flexibility index (Phi) is 3.99. The van der Waals surface area contributed by atoms with E-state index in [1.165, 1.54) is 0 Å². The molecule has 0 aliphatic carbocycles. The number of nitrogens with two attached hydrogens (primary N) is 2. The predicted molar refractivity (Wildman–Crippen MR) is 73.6 cm³/mol. The SMILES string of the molecule is Cc1nnc(N2CCCCC2C(N)=O)c(CN)c1C. The van der Waals surface area contributed by atoms with Crippen LogP contribution in [0.5, 0.6) is 0 Å². The summed E-state index contributed by atoms with van der Waals surface area (Å²) in [5.74, 6) is 0.414. The minimum absolute atomic E-state index is 0.296. The zero-order valence-corrected chi connectivity index (χ0v) is 11.5. The fourth-order valence-corrected chi connectivity index (χ4v) is 2.60. The number of aryl methyl sites for hydroxylation is 1. The van der Waals surface area contributed by atoms with E-state index < -0.39 is 0 Å². The van der Waals surface area contributed by atoms with Crippen molar-refractivity contribution in [3.05, 3.63) is 16.8 Å². The lowest BCUT2D eigenvalue weighted by Gasteiger charge is -2.35. The van der Waals surface area contributed by atoms with E-state index >= 15 is 0 Å². The van der Waals surface area contributed by atoms with E-state index in [0.717, 1.165) is 42.6 Å². The summed E-state index contributed by atoms with van der Waals surface area (Å²) >= 11 is 0. The van der Waals surface area contributed by atoms with E-state index in [2.05, 4.69) is 10.2 Å². The van der Waals surface area contributed by atoms with Crippen molar-refractivity contribution >= 4 is 11.7 Å². The molecule has 1 aliphatic rings. The molecule has 1 aromatic rings. The maximum atomic E-state index is 11.6. The monoisotopic (exact) mass is 263 g/mol. The topological polar surface area (TPSA) is 98.1 Å². The Bertz CT molecular complexity index is 488. The lowest BCUT2D eigenvalue weighted by atomic mass is 10.00. The van der Waals surface area contributed by atoms with E-state index in [1.807, 2.05) is 18.7 Å². The van der Waals surface area contributed by atoms with E-state index in [-0.39, 0.29) is 11.9 Å². The van der Waals surface area contributed by atoms with Crippen molar-refractivity contribution in [1.82, 2.24) is 10.2 Å². The first kappa shape index (κ1) is 13.7. The van der Waals surface area contributed by atoms with Gasteiger partial charge in [0, 0.05) is 18.7 Å². The molecule has 19 heavy (non-hydrogen) atoms. The van der Waals surface area contributed by atoms with Crippen LogP contribution in [0, 0.1) is 13.8 Å². The molecule has 1 atom stereocenters. The number of carbonyl (C=O) groups is 1. The maximum Gasteiger partial charge on any atom is 0.240 e. The van der Waals surface area contributed by atoms with Crippen LogP contribution >= 0.6 is 0 Å². The number of rotatable bonds is 3. The molecule has 0 radical (unpaired) electrons. The van der Waals surface area contributed by atoms with Gasteiger partial charge in [-0.15, -0.1) is 5.10 Å². The molecule has 1 saturated heterocycles. The molecule has 1 aromatic heterocycles. The van der Waals surface area contributed by atoms with E-state index in [9.17, 15) is 4.79 Å². The maximum absolute atomic E-state index is 11.6. The van der Waals surface area contributed by atoms with E-state index in [0.29, 0.717) is 12.4 Å². The van der Waals surface area contributed by atoms with Crippen LogP contribution in [0.15, 0.2) is 0 Å². The number of hydrogen-bond acceptors (Lipinski definition) is 5. The van der Waals surface area contributed by atoms with Gasteiger partial charge in [0.15, 0.2) is 5.82 Å². The molecule has 1 aliphatic heterocycles. The quantitative estimate of drug-likeness (QED) is 0.822. The van der Waals surface area contributed by atoms with Gasteiger partial charge in [0.05, 0.1) is 5.69 Å². The second-order valence-corrected chi connectivity index (χ2v) is 5.02. The first-order valence-electron chi connectivity index (χ1n) is 6.65. The second-order valence-electron chi connectivity index (χ2n) is 5.02. The number of primary amides is 1. The molecule has 0 aromatic carbocycles. The van der Waals surface area contributed by atoms with Gasteiger partial charge in [0.25, 0.3) is 0 Å². The van der Waals surface area contributed by atoms with Gasteiger partial charge < -0.3 is 16.4 Å². The third-order valence-electron chi connectivity index (χ3n) is 3.87. The highest BCUT2D eigenvalue weighted by atomic mass is 16.1. The Labute approximate surface area is 113 Å². The summed E-state index contributed by atoms with van der Waals surface area (Å²) in [5, 5.41) is 8.41. The summed E-state index contributed by atoms with van der Waals surface area (Å²) in [4.78, 5) is 13.6. The molecule has 0 spiro atoms. The standard InChI is InChI=1S/C13H21N5O/c1-8-9(2)16-17-13(10(8)7-14)18-6-4-3-5-11(18)12(15)19/h11H,3-7,14H2,1-2H3,(H2,15,19). The number of hydrogen-bond donors (Lipinski definition) is 2. The highest BCUT2D eigenvalue weighted by Gasteiger charge is 2.30. The Morgan fingerprint density at radius 2 is 2.11 bits per heavy atom. The third kappa shape index (κ3) is 2.53. The van der Waals surface area contributed by atoms with Crippen molar-refractivity contribution in [3.63, 3.8) is 0 Å². The fraction of sp³-hybridized carbons (Fsp3) is 0.615. The molecule has 6 nitrogen and oxygen atoms in total. The lowest BCUT2D eigenvalue weighted by Crippen LogP contribution is -2.48. The van der Waals surface area contributed by atoms with E-state index in [1.54, 1.807) is 0 Å². The normalized spacial score (nSPS) is 19.5. The first-order valence-corrected chi connectivity index (χ1v) is 6.65. The number of aromatic nitrogens is 2. The van der Waals surface area contributed by atoms with Gasteiger partial charge in [-0.3, -0.25) is 4.79 Å². The van der Waals surface area contributed by atoms with Gasteiger partial charge in [-0.05, 0) is 38.7 Å². The number of piperidine rings is 1. The zero-order chi connectivity index (χ0) is 14.0. The summed E-state index contributed by atoms with van der Waals surface area (Å²) in [7, 11) is 0. The average Bonchev–Trinajstić information content (AvgIpc) is 2.41. The van der Waals surface area contributed by atoms with Gasteiger partial charge >= 0.3 is 0 Å². The van der Waals surface area contributed by atoms with Crippen molar-refractivity contribution in [2.24, 2.45) is 11.5 Å². The van der Waals surface area contributed by atoms with Crippen molar-refractivity contribution in [1.29, 1.82) is 0 Å². The number of anilines is 1. The van der Waals surface area contributed by atoms with Gasteiger partial charge in [-0.1, -0.05) is 0 Å². The molecule has 1 fully saturated rings. The molecular formula is C13H21N5O. The Hall–Kier alpha value is -1.69. The van der Waals surface area contributed by atoms with Crippen molar-refractivity contribution in [2.75, 3.05) is 11.4 Å². The van der Waals surface area contributed by atoms with Crippen molar-refractivity contribution in [3.8, 4) is 0 Å². The van der Waals surface area contributed by atoms with E-state index in [4.69, 9.17) is 11.5 Å². The number of amides is 1. The average molecular weight is 263 g/mol. The van der Waals surface area contributed by atoms with Crippen molar-refractivity contribution < 1.29 is 4.79 Å². The summed E-state index contributed by atoms with van der Waals surface area (Å²) in [6.45, 7) is 5.06. The molecule has 104 valence electrons. The van der Waals surface area contributed by atoms with Crippen LogP contribution in [0.25, 0.3) is 0 Å². The molecular weight excluding hydrogens is 242 g/mol. The number of nitrogens with zero attached hydrogens (tertiary/aromatic N) is 3. The molecule has 0 bridgehead atoms. The Morgan fingerprint density at radius 3 is 2.74 bits per heavy atom. The van der Waals surface area contributed by atoms with Crippen LogP contribution in [0.3, 0.4) is 0 Å². The Balaban J connectivity index is 2.44. The summed E-state index contributed by atoms with van der Waals surface area (Å²) in [6, 6.07) is -0.296. The molecule has 4 N–H and O–H groups in total.